The summed E-state index contributed by atoms with van der Waals surface area (Å²) in [4.78, 5) is 8.38. The molecule has 0 aromatic carbocycles. The zero-order chi connectivity index (χ0) is 16.7. The Morgan fingerprint density at radius 1 is 1.33 bits per heavy atom. The van der Waals surface area contributed by atoms with E-state index in [2.05, 4.69) is 19.3 Å². The summed E-state index contributed by atoms with van der Waals surface area (Å²) in [5, 5.41) is -0.0341. The largest absolute Gasteiger partial charge is 0.335 e. The smallest absolute Gasteiger partial charge is 0.259 e. The molecule has 0 fully saturated rings. The minimum absolute atomic E-state index is 0.0149. The Hall–Kier alpha value is -1.90. The molecule has 3 aromatic heterocycles. The molecule has 24 heavy (non-hydrogen) atoms. The summed E-state index contributed by atoms with van der Waals surface area (Å²) in [6.45, 7) is 1.12. The van der Waals surface area contributed by atoms with Gasteiger partial charge in [-0.3, -0.25) is 4.40 Å². The molecule has 0 aliphatic carbocycles. The van der Waals surface area contributed by atoms with E-state index in [-0.39, 0.29) is 16.1 Å². The van der Waals surface area contributed by atoms with Gasteiger partial charge in [0.05, 0.1) is 0 Å². The van der Waals surface area contributed by atoms with Crippen molar-refractivity contribution in [2.24, 2.45) is 5.92 Å². The number of nitrogens with zero attached hydrogens (tertiary/aromatic N) is 4. The summed E-state index contributed by atoms with van der Waals surface area (Å²) in [6.07, 6.45) is 7.11. The van der Waals surface area contributed by atoms with Crippen molar-refractivity contribution in [3.05, 3.63) is 47.8 Å². The van der Waals surface area contributed by atoms with Crippen molar-refractivity contribution in [3.63, 3.8) is 0 Å². The maximum atomic E-state index is 12.7. The fourth-order valence-corrected chi connectivity index (χ4v) is 4.84. The van der Waals surface area contributed by atoms with Gasteiger partial charge in [-0.15, -0.1) is 0 Å². The number of hydrogen-bond acceptors (Lipinski definition) is 4. The number of nitrogens with one attached hydrogen (secondary N) is 1. The standard InChI is InChI=1S/C15H16ClN5O2S/c16-14-15(21-7-2-1-3-13(21)19-14)24(22,23)18-9-11-4-5-12-17-6-8-20(12)10-11/h1-3,6-8,11,18H,4-5,9-10H2/t11-/m0/s1. The van der Waals surface area contributed by atoms with Crippen molar-refractivity contribution in [2.75, 3.05) is 6.54 Å². The highest BCUT2D eigenvalue weighted by Gasteiger charge is 2.26. The van der Waals surface area contributed by atoms with E-state index in [1.807, 2.05) is 6.20 Å². The van der Waals surface area contributed by atoms with Crippen LogP contribution in [0, 0.1) is 5.92 Å². The van der Waals surface area contributed by atoms with E-state index in [0.29, 0.717) is 12.2 Å². The third-order valence-corrected chi connectivity index (χ3v) is 6.12. The van der Waals surface area contributed by atoms with Crippen molar-refractivity contribution in [3.8, 4) is 0 Å². The molecular formula is C15H16ClN5O2S. The monoisotopic (exact) mass is 365 g/mol. The molecular weight excluding hydrogens is 350 g/mol. The number of pyridine rings is 1. The Labute approximate surface area is 144 Å². The van der Waals surface area contributed by atoms with Gasteiger partial charge in [0.15, 0.2) is 10.2 Å². The SMILES string of the molecule is O=S(=O)(NC[C@@H]1CCc2nccn2C1)c1c(Cl)nc2ccccn12. The van der Waals surface area contributed by atoms with Crippen LogP contribution in [-0.2, 0) is 23.0 Å². The average Bonchev–Trinajstić information content (AvgIpc) is 3.15. The fraction of sp³-hybridized carbons (Fsp3) is 0.333. The van der Waals surface area contributed by atoms with Crippen LogP contribution in [-0.4, -0.2) is 33.9 Å². The number of hydrogen-bond donors (Lipinski definition) is 1. The molecule has 0 bridgehead atoms. The summed E-state index contributed by atoms with van der Waals surface area (Å²) < 4.78 is 31.6. The van der Waals surface area contributed by atoms with E-state index in [1.165, 1.54) is 4.40 Å². The highest BCUT2D eigenvalue weighted by atomic mass is 35.5. The third-order valence-electron chi connectivity index (χ3n) is 4.30. The van der Waals surface area contributed by atoms with Gasteiger partial charge < -0.3 is 4.57 Å². The van der Waals surface area contributed by atoms with Crippen LogP contribution in [0.1, 0.15) is 12.2 Å². The quantitative estimate of drug-likeness (QED) is 0.763. The first kappa shape index (κ1) is 15.6. The highest BCUT2D eigenvalue weighted by molar-refractivity contribution is 7.89. The summed E-state index contributed by atoms with van der Waals surface area (Å²) in [6, 6.07) is 5.24. The van der Waals surface area contributed by atoms with Crippen LogP contribution in [0.3, 0.4) is 0 Å². The van der Waals surface area contributed by atoms with E-state index in [9.17, 15) is 8.42 Å². The van der Waals surface area contributed by atoms with Crippen LogP contribution in [0.5, 0.6) is 0 Å². The fourth-order valence-electron chi connectivity index (χ4n) is 3.08. The molecule has 4 rings (SSSR count). The van der Waals surface area contributed by atoms with E-state index in [1.54, 1.807) is 30.6 Å². The lowest BCUT2D eigenvalue weighted by molar-refractivity contribution is 0.363. The van der Waals surface area contributed by atoms with E-state index >= 15 is 0 Å². The van der Waals surface area contributed by atoms with Gasteiger partial charge in [-0.1, -0.05) is 17.7 Å². The van der Waals surface area contributed by atoms with E-state index in [0.717, 1.165) is 25.2 Å². The van der Waals surface area contributed by atoms with Gasteiger partial charge >= 0.3 is 0 Å². The molecule has 4 heterocycles. The van der Waals surface area contributed by atoms with Gasteiger partial charge in [-0.05, 0) is 24.5 Å². The van der Waals surface area contributed by atoms with Crippen molar-refractivity contribution >= 4 is 27.3 Å². The van der Waals surface area contributed by atoms with Crippen LogP contribution in [0.2, 0.25) is 5.15 Å². The van der Waals surface area contributed by atoms with Gasteiger partial charge in [-0.25, -0.2) is 23.1 Å². The second-order valence-corrected chi connectivity index (χ2v) is 7.93. The molecule has 0 saturated heterocycles. The Kier molecular flexibility index (Phi) is 3.82. The highest BCUT2D eigenvalue weighted by Crippen LogP contribution is 2.23. The molecule has 0 unspecified atom stereocenters. The molecule has 0 spiro atoms. The van der Waals surface area contributed by atoms with Gasteiger partial charge in [0.1, 0.15) is 11.5 Å². The van der Waals surface area contributed by atoms with Crippen molar-refractivity contribution in [1.29, 1.82) is 0 Å². The Morgan fingerprint density at radius 2 is 2.21 bits per heavy atom. The van der Waals surface area contributed by atoms with Crippen LogP contribution in [0.4, 0.5) is 0 Å². The van der Waals surface area contributed by atoms with E-state index < -0.39 is 10.0 Å². The number of aryl methyl sites for hydroxylation is 1. The number of aromatic nitrogens is 4. The maximum Gasteiger partial charge on any atom is 0.259 e. The van der Waals surface area contributed by atoms with E-state index in [4.69, 9.17) is 11.6 Å². The molecule has 0 saturated carbocycles. The Morgan fingerprint density at radius 3 is 3.08 bits per heavy atom. The number of rotatable bonds is 4. The minimum atomic E-state index is -3.74. The predicted octanol–water partition coefficient (Wildman–Crippen LogP) is 1.73. The van der Waals surface area contributed by atoms with Crippen molar-refractivity contribution in [1.82, 2.24) is 23.7 Å². The molecule has 1 aliphatic rings. The van der Waals surface area contributed by atoms with Crippen LogP contribution in [0.15, 0.2) is 41.8 Å². The first-order valence-corrected chi connectivity index (χ1v) is 9.53. The molecule has 0 radical (unpaired) electrons. The molecule has 1 atom stereocenters. The number of halogens is 1. The van der Waals surface area contributed by atoms with Gasteiger partial charge in [0, 0.05) is 38.1 Å². The number of sulfonamides is 1. The lowest BCUT2D eigenvalue weighted by atomic mass is 10.00. The second kappa shape index (κ2) is 5.87. The second-order valence-electron chi connectivity index (χ2n) is 5.89. The molecule has 3 aromatic rings. The third kappa shape index (κ3) is 2.70. The van der Waals surface area contributed by atoms with Crippen molar-refractivity contribution in [2.45, 2.75) is 24.4 Å². The van der Waals surface area contributed by atoms with Gasteiger partial charge in [0.2, 0.25) is 0 Å². The lowest BCUT2D eigenvalue weighted by Gasteiger charge is -2.23. The molecule has 126 valence electrons. The Balaban J connectivity index is 1.54. The molecule has 9 heteroatoms. The Bertz CT molecular complexity index is 994. The number of imidazole rings is 2. The van der Waals surface area contributed by atoms with Gasteiger partial charge in [0.25, 0.3) is 10.0 Å². The normalized spacial score (nSPS) is 18.0. The summed E-state index contributed by atoms with van der Waals surface area (Å²) in [5.74, 6) is 1.28. The predicted molar refractivity (Wildman–Crippen MR) is 89.4 cm³/mol. The molecule has 7 nitrogen and oxygen atoms in total. The maximum absolute atomic E-state index is 12.7. The topological polar surface area (TPSA) is 81.3 Å². The van der Waals surface area contributed by atoms with Gasteiger partial charge in [-0.2, -0.15) is 0 Å². The summed E-state index contributed by atoms with van der Waals surface area (Å²) in [7, 11) is -3.74. The van der Waals surface area contributed by atoms with Crippen LogP contribution in [0.25, 0.3) is 5.65 Å². The average molecular weight is 366 g/mol. The summed E-state index contributed by atoms with van der Waals surface area (Å²) >= 11 is 6.06. The summed E-state index contributed by atoms with van der Waals surface area (Å²) in [5.41, 5.74) is 0.503. The zero-order valence-corrected chi connectivity index (χ0v) is 14.3. The minimum Gasteiger partial charge on any atom is -0.335 e. The number of fused-ring (bicyclic) bond motifs is 2. The lowest BCUT2D eigenvalue weighted by Crippen LogP contribution is -2.34. The molecule has 1 aliphatic heterocycles. The van der Waals surface area contributed by atoms with Crippen LogP contribution >= 0.6 is 11.6 Å². The van der Waals surface area contributed by atoms with Crippen molar-refractivity contribution < 1.29 is 8.42 Å². The molecule has 1 N–H and O–H groups in total. The first-order chi connectivity index (χ1) is 11.5. The molecule has 0 amide bonds. The van der Waals surface area contributed by atoms with Crippen LogP contribution < -0.4 is 4.72 Å². The zero-order valence-electron chi connectivity index (χ0n) is 12.8. The first-order valence-electron chi connectivity index (χ1n) is 7.67.